The summed E-state index contributed by atoms with van der Waals surface area (Å²) in [6, 6.07) is 10.8. The van der Waals surface area contributed by atoms with Crippen molar-refractivity contribution in [2.75, 3.05) is 24.7 Å². The fraction of sp³-hybridized carbons (Fsp3) is 0.677. The molecule has 0 saturated heterocycles. The summed E-state index contributed by atoms with van der Waals surface area (Å²) in [6.07, 6.45) is 7.79. The minimum atomic E-state index is -0.133. The van der Waals surface area contributed by atoms with Gasteiger partial charge >= 0.3 is 0 Å². The van der Waals surface area contributed by atoms with Gasteiger partial charge in [-0.05, 0) is 79.3 Å². The maximum atomic E-state index is 13.7. The number of Topliss-reactive ketones (excluding diaryl/α,β-unsaturated/α-hetero) is 1. The Labute approximate surface area is 235 Å². The lowest BCUT2D eigenvalue weighted by Crippen LogP contribution is -2.61. The Hall–Kier alpha value is -1.44. The summed E-state index contributed by atoms with van der Waals surface area (Å²) in [6.45, 7) is 5.83. The fourth-order valence-electron chi connectivity index (χ4n) is 9.28. The Balaban J connectivity index is 1.33. The number of ketones is 1. The summed E-state index contributed by atoms with van der Waals surface area (Å²) in [4.78, 5) is 18.4. The van der Waals surface area contributed by atoms with Crippen molar-refractivity contribution in [2.45, 2.75) is 70.8 Å². The molecule has 5 aliphatic rings. The average Bonchev–Trinajstić information content (AvgIpc) is 3.26. The van der Waals surface area contributed by atoms with Gasteiger partial charge in [0.25, 0.3) is 0 Å². The monoisotopic (exact) mass is 553 g/mol. The maximum Gasteiger partial charge on any atom is 0.189 e. The van der Waals surface area contributed by atoms with E-state index in [9.17, 15) is 9.90 Å². The smallest absolute Gasteiger partial charge is 0.189 e. The van der Waals surface area contributed by atoms with E-state index in [1.807, 2.05) is 21.6 Å². The second kappa shape index (κ2) is 10.2. The first-order valence-corrected chi connectivity index (χ1v) is 17.0. The zero-order valence-electron chi connectivity index (χ0n) is 22.9. The minimum absolute atomic E-state index is 0.0529. The molecule has 2 fully saturated rings. The molecule has 4 N–H and O–H groups in total. The number of aliphatic imine (C=N–C) groups is 1. The zero-order valence-corrected chi connectivity index (χ0v) is 24.5. The molecule has 7 heteroatoms. The molecule has 1 aromatic carbocycles. The van der Waals surface area contributed by atoms with Crippen molar-refractivity contribution in [2.24, 2.45) is 45.2 Å². The molecular formula is C31H43N3O2S2. The number of carbonyl (C=O) groups excluding carboxylic acids is 1. The van der Waals surface area contributed by atoms with Crippen LogP contribution in [-0.2, 0) is 11.2 Å². The van der Waals surface area contributed by atoms with Gasteiger partial charge < -0.3 is 16.2 Å². The van der Waals surface area contributed by atoms with Crippen molar-refractivity contribution >= 4 is 33.3 Å². The van der Waals surface area contributed by atoms with E-state index >= 15 is 0 Å². The van der Waals surface area contributed by atoms with Gasteiger partial charge in [0.15, 0.2) is 11.7 Å². The van der Waals surface area contributed by atoms with Crippen LogP contribution in [-0.4, -0.2) is 47.0 Å². The molecule has 2 saturated carbocycles. The van der Waals surface area contributed by atoms with Crippen LogP contribution in [0.5, 0.6) is 0 Å². The lowest BCUT2D eigenvalue weighted by atomic mass is 9.48. The maximum absolute atomic E-state index is 13.7. The summed E-state index contributed by atoms with van der Waals surface area (Å²) in [5.41, 5.74) is 10.3. The van der Waals surface area contributed by atoms with Crippen molar-refractivity contribution in [3.8, 4) is 0 Å². The molecule has 2 spiro atoms. The Morgan fingerprint density at radius 2 is 2.03 bits per heavy atom. The molecule has 206 valence electrons. The topological polar surface area (TPSA) is 87.7 Å². The number of aliphatic hydroxyl groups is 1. The highest BCUT2D eigenvalue weighted by Gasteiger charge is 2.68. The van der Waals surface area contributed by atoms with Gasteiger partial charge in [-0.3, -0.25) is 9.79 Å². The van der Waals surface area contributed by atoms with Gasteiger partial charge in [0.2, 0.25) is 0 Å². The second-order valence-electron chi connectivity index (χ2n) is 12.9. The van der Waals surface area contributed by atoms with Crippen LogP contribution in [0.4, 0.5) is 0 Å². The summed E-state index contributed by atoms with van der Waals surface area (Å²) in [7, 11) is 4.00. The van der Waals surface area contributed by atoms with E-state index in [0.717, 1.165) is 68.6 Å². The molecule has 7 unspecified atom stereocenters. The van der Waals surface area contributed by atoms with E-state index in [1.54, 1.807) is 0 Å². The van der Waals surface area contributed by atoms with Gasteiger partial charge in [-0.25, -0.2) is 0 Å². The average molecular weight is 554 g/mol. The quantitative estimate of drug-likeness (QED) is 0.435. The number of nitrogens with one attached hydrogen (secondary N) is 1. The molecular weight excluding hydrogens is 510 g/mol. The van der Waals surface area contributed by atoms with Crippen molar-refractivity contribution in [1.29, 1.82) is 0 Å². The number of guanidine groups is 1. The van der Waals surface area contributed by atoms with Gasteiger partial charge in [-0.15, -0.1) is 0 Å². The fourth-order valence-corrected chi connectivity index (χ4v) is 12.1. The van der Waals surface area contributed by atoms with E-state index in [0.29, 0.717) is 41.8 Å². The predicted molar refractivity (Wildman–Crippen MR) is 159 cm³/mol. The summed E-state index contributed by atoms with van der Waals surface area (Å²) < 4.78 is 0. The van der Waals surface area contributed by atoms with Crippen LogP contribution in [0, 0.1) is 34.5 Å². The predicted octanol–water partition coefficient (Wildman–Crippen LogP) is 5.39. The van der Waals surface area contributed by atoms with Gasteiger partial charge in [0.05, 0.1) is 5.54 Å². The van der Waals surface area contributed by atoms with Crippen LogP contribution in [0.15, 0.2) is 46.5 Å². The Morgan fingerprint density at radius 1 is 1.21 bits per heavy atom. The van der Waals surface area contributed by atoms with E-state index in [4.69, 9.17) is 5.73 Å². The summed E-state index contributed by atoms with van der Waals surface area (Å²) in [5.74, 6) is 4.64. The number of hydrogen-bond donors (Lipinski definition) is 3. The minimum Gasteiger partial charge on any atom is -0.396 e. The molecule has 2 heterocycles. The van der Waals surface area contributed by atoms with Crippen LogP contribution < -0.4 is 11.1 Å². The molecule has 0 amide bonds. The summed E-state index contributed by atoms with van der Waals surface area (Å²) >= 11 is 0. The van der Waals surface area contributed by atoms with Crippen LogP contribution in [0.3, 0.4) is 0 Å². The number of nitrogens with two attached hydrogens (primary N) is 1. The van der Waals surface area contributed by atoms with E-state index in [1.165, 1.54) is 11.1 Å². The van der Waals surface area contributed by atoms with Crippen molar-refractivity contribution in [3.05, 3.63) is 47.0 Å². The van der Waals surface area contributed by atoms with E-state index in [2.05, 4.69) is 54.5 Å². The van der Waals surface area contributed by atoms with Crippen molar-refractivity contribution < 1.29 is 9.90 Å². The number of allylic oxidation sites excluding steroid dienone is 2. The highest BCUT2D eigenvalue weighted by atomic mass is 33.1. The second-order valence-corrected chi connectivity index (χ2v) is 15.5. The van der Waals surface area contributed by atoms with E-state index < -0.39 is 0 Å². The molecule has 6 rings (SSSR count). The number of nitrogens with zero attached hydrogens (tertiary/aromatic N) is 1. The third kappa shape index (κ3) is 4.09. The van der Waals surface area contributed by atoms with Crippen molar-refractivity contribution in [3.63, 3.8) is 0 Å². The highest BCUT2D eigenvalue weighted by molar-refractivity contribution is 8.76. The van der Waals surface area contributed by atoms with Crippen LogP contribution in [0.25, 0.3) is 0 Å². The van der Waals surface area contributed by atoms with Gasteiger partial charge in [0, 0.05) is 42.4 Å². The Kier molecular flexibility index (Phi) is 7.18. The van der Waals surface area contributed by atoms with Crippen LogP contribution in [0.1, 0.15) is 64.4 Å². The third-order valence-corrected chi connectivity index (χ3v) is 14.0. The number of aliphatic hydroxyl groups excluding tert-OH is 1. The third-order valence-electron chi connectivity index (χ3n) is 11.5. The molecule has 7 atom stereocenters. The lowest BCUT2D eigenvalue weighted by molar-refractivity contribution is -0.123. The number of rotatable bonds is 3. The number of hydrogen-bond acceptors (Lipinski definition) is 7. The first kappa shape index (κ1) is 26.8. The van der Waals surface area contributed by atoms with Gasteiger partial charge in [-0.2, -0.15) is 0 Å². The molecule has 5 nitrogen and oxygen atoms in total. The zero-order chi connectivity index (χ0) is 26.5. The highest BCUT2D eigenvalue weighted by Crippen LogP contribution is 2.74. The van der Waals surface area contributed by atoms with Crippen molar-refractivity contribution in [1.82, 2.24) is 5.32 Å². The van der Waals surface area contributed by atoms with Crippen LogP contribution >= 0.6 is 21.6 Å². The molecule has 0 aromatic heterocycles. The van der Waals surface area contributed by atoms with Gasteiger partial charge in [0.1, 0.15) is 0 Å². The molecule has 2 aliphatic heterocycles. The normalized spacial score (nSPS) is 41.2. The number of carbonyl (C=O) groups is 1. The number of benzene rings is 1. The molecule has 38 heavy (non-hydrogen) atoms. The first-order chi connectivity index (χ1) is 18.3. The molecule has 0 radical (unpaired) electrons. The largest absolute Gasteiger partial charge is 0.396 e. The van der Waals surface area contributed by atoms with Crippen LogP contribution in [0.2, 0.25) is 0 Å². The Bertz CT molecular complexity index is 1140. The molecule has 5 bridgehead atoms. The summed E-state index contributed by atoms with van der Waals surface area (Å²) in [5, 5.41) is 14.0. The standard InChI is InChI=1S/C31H43N3O2S2/c1-20-22(18-35)14-23-15-26-25-9-6-10-30(19-38-37-12-11-29(23,2)31(20,26)16-27(25)36)24(17-33-28(32)34-30)13-21-7-4-3-5-8-21/h3-5,7-8,20,22-24,35H,6,9-19H2,1-2H3,(H3,32,33,34). The SMILES string of the molecule is CC1C(CO)CC2CC3=C4CCCC5(CSSCCC2(C)C31CC4=O)NC(N)=NCC5Cc1ccccc1. The first-order valence-electron chi connectivity index (χ1n) is 14.6. The molecule has 1 aromatic rings. The van der Waals surface area contributed by atoms with Gasteiger partial charge in [-0.1, -0.05) is 71.3 Å². The Morgan fingerprint density at radius 3 is 2.82 bits per heavy atom. The molecule has 3 aliphatic carbocycles. The lowest BCUT2D eigenvalue weighted by Gasteiger charge is -2.55. The van der Waals surface area contributed by atoms with E-state index in [-0.39, 0.29) is 23.0 Å².